The van der Waals surface area contributed by atoms with E-state index in [-0.39, 0.29) is 5.91 Å². The number of aryl methyl sites for hydroxylation is 3. The maximum atomic E-state index is 12.3. The van der Waals surface area contributed by atoms with Crippen molar-refractivity contribution in [1.29, 1.82) is 0 Å². The number of halogens is 1. The van der Waals surface area contributed by atoms with Crippen molar-refractivity contribution in [1.82, 2.24) is 4.57 Å². The van der Waals surface area contributed by atoms with Gasteiger partial charge in [-0.2, -0.15) is 4.99 Å². The molecule has 0 saturated carbocycles. The predicted molar refractivity (Wildman–Crippen MR) is 101 cm³/mol. The van der Waals surface area contributed by atoms with Gasteiger partial charge in [-0.3, -0.25) is 4.79 Å². The zero-order valence-electron chi connectivity index (χ0n) is 14.0. The first-order valence-electron chi connectivity index (χ1n) is 7.89. The van der Waals surface area contributed by atoms with E-state index in [9.17, 15) is 4.79 Å². The highest BCUT2D eigenvalue weighted by Crippen LogP contribution is 2.25. The summed E-state index contributed by atoms with van der Waals surface area (Å²) in [6.07, 6.45) is 1.32. The standard InChI is InChI=1S/C19H19ClN2OS/c1-4-13-5-7-14(8-6-13)10-17(23)21-19-22(3)18-12(2)9-15(20)11-16(18)24-19/h5-9,11H,4,10H2,1-3H3. The highest BCUT2D eigenvalue weighted by molar-refractivity contribution is 7.16. The highest BCUT2D eigenvalue weighted by atomic mass is 35.5. The molecule has 0 aliphatic carbocycles. The summed E-state index contributed by atoms with van der Waals surface area (Å²) in [7, 11) is 1.93. The Bertz CT molecular complexity index is 967. The fourth-order valence-electron chi connectivity index (χ4n) is 2.79. The molecule has 0 saturated heterocycles. The van der Waals surface area contributed by atoms with Crippen LogP contribution in [0.2, 0.25) is 5.02 Å². The number of thiazole rings is 1. The van der Waals surface area contributed by atoms with Crippen LogP contribution in [0.4, 0.5) is 0 Å². The van der Waals surface area contributed by atoms with Crippen LogP contribution in [-0.2, 0) is 24.7 Å². The number of carbonyl (C=O) groups is 1. The molecule has 1 heterocycles. The minimum absolute atomic E-state index is 0.134. The van der Waals surface area contributed by atoms with Crippen LogP contribution in [0.15, 0.2) is 41.4 Å². The molecule has 2 aromatic carbocycles. The first kappa shape index (κ1) is 16.9. The Labute approximate surface area is 150 Å². The molecule has 24 heavy (non-hydrogen) atoms. The van der Waals surface area contributed by atoms with Crippen molar-refractivity contribution in [3.8, 4) is 0 Å². The molecule has 0 radical (unpaired) electrons. The van der Waals surface area contributed by atoms with E-state index < -0.39 is 0 Å². The minimum Gasteiger partial charge on any atom is -0.319 e. The van der Waals surface area contributed by atoms with Gasteiger partial charge in [-0.15, -0.1) is 0 Å². The summed E-state index contributed by atoms with van der Waals surface area (Å²) < 4.78 is 3.00. The van der Waals surface area contributed by atoms with Crippen LogP contribution >= 0.6 is 22.9 Å². The SMILES string of the molecule is CCc1ccc(CC(=O)N=c2sc3cc(Cl)cc(C)c3n2C)cc1. The number of fused-ring (bicyclic) bond motifs is 1. The lowest BCUT2D eigenvalue weighted by atomic mass is 10.1. The molecule has 0 aliphatic heterocycles. The van der Waals surface area contributed by atoms with E-state index in [0.29, 0.717) is 16.2 Å². The smallest absolute Gasteiger partial charge is 0.252 e. The molecule has 1 aromatic heterocycles. The van der Waals surface area contributed by atoms with Gasteiger partial charge in [0.15, 0.2) is 4.80 Å². The van der Waals surface area contributed by atoms with E-state index >= 15 is 0 Å². The molecule has 124 valence electrons. The Morgan fingerprint density at radius 3 is 2.54 bits per heavy atom. The molecule has 3 nitrogen and oxygen atoms in total. The highest BCUT2D eigenvalue weighted by Gasteiger charge is 2.09. The van der Waals surface area contributed by atoms with Crippen LogP contribution in [0.25, 0.3) is 10.2 Å². The van der Waals surface area contributed by atoms with Crippen molar-refractivity contribution < 1.29 is 4.79 Å². The fourth-order valence-corrected chi connectivity index (χ4v) is 4.28. The summed E-state index contributed by atoms with van der Waals surface area (Å²) in [6.45, 7) is 4.13. The van der Waals surface area contributed by atoms with Crippen molar-refractivity contribution >= 4 is 39.1 Å². The Hall–Kier alpha value is -1.91. The van der Waals surface area contributed by atoms with E-state index in [4.69, 9.17) is 11.6 Å². The summed E-state index contributed by atoms with van der Waals surface area (Å²) in [4.78, 5) is 17.3. The number of amides is 1. The Morgan fingerprint density at radius 2 is 1.88 bits per heavy atom. The normalized spacial score (nSPS) is 12.1. The Morgan fingerprint density at radius 1 is 1.21 bits per heavy atom. The van der Waals surface area contributed by atoms with Crippen LogP contribution < -0.4 is 4.80 Å². The van der Waals surface area contributed by atoms with Gasteiger partial charge in [-0.1, -0.05) is 54.1 Å². The van der Waals surface area contributed by atoms with E-state index in [1.165, 1.54) is 16.9 Å². The number of aromatic nitrogens is 1. The number of carbonyl (C=O) groups excluding carboxylic acids is 1. The molecule has 3 aromatic rings. The molecular formula is C19H19ClN2OS. The number of benzene rings is 2. The average Bonchev–Trinajstić information content (AvgIpc) is 2.83. The topological polar surface area (TPSA) is 34.4 Å². The molecule has 1 amide bonds. The van der Waals surface area contributed by atoms with Crippen molar-refractivity contribution in [2.24, 2.45) is 12.0 Å². The second-order valence-corrected chi connectivity index (χ2v) is 7.31. The third kappa shape index (κ3) is 3.45. The second kappa shape index (κ2) is 6.91. The van der Waals surface area contributed by atoms with Crippen molar-refractivity contribution in [2.45, 2.75) is 26.7 Å². The lowest BCUT2D eigenvalue weighted by molar-refractivity contribution is -0.117. The molecule has 3 rings (SSSR count). The first-order chi connectivity index (χ1) is 11.5. The molecule has 0 fully saturated rings. The van der Waals surface area contributed by atoms with Crippen LogP contribution in [-0.4, -0.2) is 10.5 Å². The minimum atomic E-state index is -0.134. The molecule has 0 bridgehead atoms. The third-order valence-electron chi connectivity index (χ3n) is 4.06. The van der Waals surface area contributed by atoms with Gasteiger partial charge in [-0.05, 0) is 42.2 Å². The summed E-state index contributed by atoms with van der Waals surface area (Å²) in [5.41, 5.74) is 4.42. The summed E-state index contributed by atoms with van der Waals surface area (Å²) in [5, 5.41) is 0.704. The van der Waals surface area contributed by atoms with E-state index in [2.05, 4.69) is 24.0 Å². The molecule has 0 N–H and O–H groups in total. The third-order valence-corrected chi connectivity index (χ3v) is 5.36. The zero-order valence-corrected chi connectivity index (χ0v) is 15.5. The quantitative estimate of drug-likeness (QED) is 0.681. The van der Waals surface area contributed by atoms with Crippen LogP contribution in [0, 0.1) is 6.92 Å². The van der Waals surface area contributed by atoms with Crippen molar-refractivity contribution in [2.75, 3.05) is 0 Å². The van der Waals surface area contributed by atoms with Crippen LogP contribution in [0.3, 0.4) is 0 Å². The summed E-state index contributed by atoms with van der Waals surface area (Å²) in [6, 6.07) is 12.0. The van der Waals surface area contributed by atoms with Crippen molar-refractivity contribution in [3.05, 3.63) is 62.9 Å². The van der Waals surface area contributed by atoms with Gasteiger partial charge in [0, 0.05) is 12.1 Å². The Balaban J connectivity index is 1.92. The largest absolute Gasteiger partial charge is 0.319 e. The van der Waals surface area contributed by atoms with Gasteiger partial charge in [0.2, 0.25) is 0 Å². The van der Waals surface area contributed by atoms with E-state index in [0.717, 1.165) is 27.8 Å². The first-order valence-corrected chi connectivity index (χ1v) is 9.08. The fraction of sp³-hybridized carbons (Fsp3) is 0.263. The molecule has 0 atom stereocenters. The monoisotopic (exact) mass is 358 g/mol. The zero-order chi connectivity index (χ0) is 17.3. The van der Waals surface area contributed by atoms with Gasteiger partial charge in [0.05, 0.1) is 16.6 Å². The summed E-state index contributed by atoms with van der Waals surface area (Å²) in [5.74, 6) is -0.134. The molecule has 0 spiro atoms. The number of hydrogen-bond donors (Lipinski definition) is 0. The van der Waals surface area contributed by atoms with E-state index in [1.807, 2.05) is 42.8 Å². The summed E-state index contributed by atoms with van der Waals surface area (Å²) >= 11 is 7.61. The average molecular weight is 359 g/mol. The predicted octanol–water partition coefficient (Wildman–Crippen LogP) is 4.43. The van der Waals surface area contributed by atoms with Crippen LogP contribution in [0.1, 0.15) is 23.6 Å². The molecule has 0 aliphatic rings. The van der Waals surface area contributed by atoms with Gasteiger partial charge < -0.3 is 4.57 Å². The maximum Gasteiger partial charge on any atom is 0.252 e. The number of hydrogen-bond acceptors (Lipinski definition) is 2. The van der Waals surface area contributed by atoms with Crippen molar-refractivity contribution in [3.63, 3.8) is 0 Å². The lowest BCUT2D eigenvalue weighted by Crippen LogP contribution is -2.14. The van der Waals surface area contributed by atoms with Gasteiger partial charge in [-0.25, -0.2) is 0 Å². The number of nitrogens with zero attached hydrogens (tertiary/aromatic N) is 2. The second-order valence-electron chi connectivity index (χ2n) is 5.87. The van der Waals surface area contributed by atoms with E-state index in [1.54, 1.807) is 0 Å². The van der Waals surface area contributed by atoms with Gasteiger partial charge in [0.25, 0.3) is 5.91 Å². The molecule has 5 heteroatoms. The van der Waals surface area contributed by atoms with Gasteiger partial charge >= 0.3 is 0 Å². The van der Waals surface area contributed by atoms with Crippen LogP contribution in [0.5, 0.6) is 0 Å². The maximum absolute atomic E-state index is 12.3. The Kier molecular flexibility index (Phi) is 4.88. The van der Waals surface area contributed by atoms with Gasteiger partial charge in [0.1, 0.15) is 0 Å². The molecular weight excluding hydrogens is 340 g/mol. The number of rotatable bonds is 3. The molecule has 0 unspecified atom stereocenters. The lowest BCUT2D eigenvalue weighted by Gasteiger charge is -2.01.